The Hall–Kier alpha value is -0.0800. The molecule has 0 bridgehead atoms. The standard InChI is InChI=1S/C10H21NO/c1-3-6-12-8-10(11-2)7-9-4-5-9/h9-11H,3-8H2,1-2H3. The summed E-state index contributed by atoms with van der Waals surface area (Å²) in [5, 5.41) is 3.31. The van der Waals surface area contributed by atoms with Crippen LogP contribution >= 0.6 is 0 Å². The average molecular weight is 171 g/mol. The van der Waals surface area contributed by atoms with Gasteiger partial charge in [0.2, 0.25) is 0 Å². The third kappa shape index (κ3) is 4.07. The first-order valence-electron chi connectivity index (χ1n) is 5.11. The summed E-state index contributed by atoms with van der Waals surface area (Å²) in [5.74, 6) is 0.993. The van der Waals surface area contributed by atoms with Crippen molar-refractivity contribution in [2.24, 2.45) is 5.92 Å². The first kappa shape index (κ1) is 10.0. The summed E-state index contributed by atoms with van der Waals surface area (Å²) >= 11 is 0. The second-order valence-electron chi connectivity index (χ2n) is 3.74. The van der Waals surface area contributed by atoms with Crippen LogP contribution in [0.3, 0.4) is 0 Å². The molecular formula is C10H21NO. The molecule has 1 saturated carbocycles. The van der Waals surface area contributed by atoms with Crippen molar-refractivity contribution in [1.29, 1.82) is 0 Å². The summed E-state index contributed by atoms with van der Waals surface area (Å²) in [5.41, 5.74) is 0. The highest BCUT2D eigenvalue weighted by Crippen LogP contribution is 2.33. The van der Waals surface area contributed by atoms with Gasteiger partial charge in [-0.25, -0.2) is 0 Å². The maximum Gasteiger partial charge on any atom is 0.0619 e. The van der Waals surface area contributed by atoms with Crippen LogP contribution in [0.25, 0.3) is 0 Å². The first-order chi connectivity index (χ1) is 5.86. The highest BCUT2D eigenvalue weighted by Gasteiger charge is 2.24. The molecule has 1 unspecified atom stereocenters. The van der Waals surface area contributed by atoms with E-state index in [0.29, 0.717) is 6.04 Å². The van der Waals surface area contributed by atoms with Crippen LogP contribution in [-0.2, 0) is 4.74 Å². The van der Waals surface area contributed by atoms with Gasteiger partial charge in [0.1, 0.15) is 0 Å². The first-order valence-corrected chi connectivity index (χ1v) is 5.11. The molecule has 0 aliphatic heterocycles. The van der Waals surface area contributed by atoms with E-state index in [1.807, 2.05) is 7.05 Å². The predicted molar refractivity (Wildman–Crippen MR) is 51.3 cm³/mol. The number of nitrogens with one attached hydrogen (secondary N) is 1. The second-order valence-corrected chi connectivity index (χ2v) is 3.74. The zero-order valence-electron chi connectivity index (χ0n) is 8.31. The van der Waals surface area contributed by atoms with Crippen LogP contribution in [-0.4, -0.2) is 26.3 Å². The molecule has 12 heavy (non-hydrogen) atoms. The number of ether oxygens (including phenoxy) is 1. The molecule has 0 aromatic rings. The van der Waals surface area contributed by atoms with Crippen molar-refractivity contribution in [2.75, 3.05) is 20.3 Å². The van der Waals surface area contributed by atoms with Crippen LogP contribution in [0.4, 0.5) is 0 Å². The molecule has 0 amide bonds. The van der Waals surface area contributed by atoms with Crippen LogP contribution in [0, 0.1) is 5.92 Å². The van der Waals surface area contributed by atoms with E-state index in [1.54, 1.807) is 0 Å². The van der Waals surface area contributed by atoms with Crippen molar-refractivity contribution in [2.45, 2.75) is 38.6 Å². The van der Waals surface area contributed by atoms with Crippen molar-refractivity contribution in [3.63, 3.8) is 0 Å². The lowest BCUT2D eigenvalue weighted by Crippen LogP contribution is -2.30. The molecule has 0 radical (unpaired) electrons. The Morgan fingerprint density at radius 3 is 2.75 bits per heavy atom. The minimum atomic E-state index is 0.587. The Balaban J connectivity index is 1.98. The van der Waals surface area contributed by atoms with E-state index in [2.05, 4.69) is 12.2 Å². The molecule has 2 heteroatoms. The molecule has 1 aliphatic rings. The summed E-state index contributed by atoms with van der Waals surface area (Å²) in [4.78, 5) is 0. The Morgan fingerprint density at radius 1 is 1.50 bits per heavy atom. The fraction of sp³-hybridized carbons (Fsp3) is 1.00. The highest BCUT2D eigenvalue weighted by molar-refractivity contribution is 4.79. The minimum Gasteiger partial charge on any atom is -0.380 e. The summed E-state index contributed by atoms with van der Waals surface area (Å²) in [6.07, 6.45) is 5.30. The lowest BCUT2D eigenvalue weighted by Gasteiger charge is -2.15. The van der Waals surface area contributed by atoms with Gasteiger partial charge in [-0.15, -0.1) is 0 Å². The van der Waals surface area contributed by atoms with Gasteiger partial charge in [0.25, 0.3) is 0 Å². The van der Waals surface area contributed by atoms with Crippen LogP contribution in [0.5, 0.6) is 0 Å². The van der Waals surface area contributed by atoms with Gasteiger partial charge in [-0.05, 0) is 25.8 Å². The molecular weight excluding hydrogens is 150 g/mol. The molecule has 0 aromatic heterocycles. The third-order valence-corrected chi connectivity index (χ3v) is 2.39. The fourth-order valence-corrected chi connectivity index (χ4v) is 1.40. The second kappa shape index (κ2) is 5.55. The van der Waals surface area contributed by atoms with Gasteiger partial charge in [0.15, 0.2) is 0 Å². The van der Waals surface area contributed by atoms with Crippen LogP contribution in [0.1, 0.15) is 32.6 Å². The topological polar surface area (TPSA) is 21.3 Å². The summed E-state index contributed by atoms with van der Waals surface area (Å²) in [6, 6.07) is 0.587. The zero-order valence-corrected chi connectivity index (χ0v) is 8.31. The predicted octanol–water partition coefficient (Wildman–Crippen LogP) is 1.80. The highest BCUT2D eigenvalue weighted by atomic mass is 16.5. The van der Waals surface area contributed by atoms with Crippen molar-refractivity contribution >= 4 is 0 Å². The number of hydrogen-bond donors (Lipinski definition) is 1. The molecule has 0 aromatic carbocycles. The van der Waals surface area contributed by atoms with E-state index in [-0.39, 0.29) is 0 Å². The van der Waals surface area contributed by atoms with E-state index >= 15 is 0 Å². The van der Waals surface area contributed by atoms with Gasteiger partial charge in [-0.2, -0.15) is 0 Å². The largest absolute Gasteiger partial charge is 0.380 e. The summed E-state index contributed by atoms with van der Waals surface area (Å²) in [7, 11) is 2.03. The lowest BCUT2D eigenvalue weighted by atomic mass is 10.1. The van der Waals surface area contributed by atoms with Gasteiger partial charge in [-0.1, -0.05) is 19.8 Å². The summed E-state index contributed by atoms with van der Waals surface area (Å²) in [6.45, 7) is 3.94. The fourth-order valence-electron chi connectivity index (χ4n) is 1.40. The number of hydrogen-bond acceptors (Lipinski definition) is 2. The van der Waals surface area contributed by atoms with Crippen molar-refractivity contribution < 1.29 is 4.74 Å². The monoisotopic (exact) mass is 171 g/mol. The Bertz CT molecular complexity index is 112. The zero-order chi connectivity index (χ0) is 8.81. The van der Waals surface area contributed by atoms with E-state index < -0.39 is 0 Å². The van der Waals surface area contributed by atoms with Gasteiger partial charge >= 0.3 is 0 Å². The lowest BCUT2D eigenvalue weighted by molar-refractivity contribution is 0.110. The molecule has 1 atom stereocenters. The van der Waals surface area contributed by atoms with Gasteiger partial charge in [0.05, 0.1) is 6.61 Å². The molecule has 0 saturated heterocycles. The van der Waals surface area contributed by atoms with E-state index in [0.717, 1.165) is 25.6 Å². The molecule has 1 fully saturated rings. The quantitative estimate of drug-likeness (QED) is 0.590. The maximum atomic E-state index is 5.50. The smallest absolute Gasteiger partial charge is 0.0619 e. The Kier molecular flexibility index (Phi) is 4.62. The van der Waals surface area contributed by atoms with Gasteiger partial charge in [0, 0.05) is 12.6 Å². The third-order valence-electron chi connectivity index (χ3n) is 2.39. The maximum absolute atomic E-state index is 5.50. The minimum absolute atomic E-state index is 0.587. The molecule has 72 valence electrons. The van der Waals surface area contributed by atoms with E-state index in [9.17, 15) is 0 Å². The number of rotatable bonds is 7. The SMILES string of the molecule is CCCOCC(CC1CC1)NC. The molecule has 2 nitrogen and oxygen atoms in total. The molecule has 1 N–H and O–H groups in total. The average Bonchev–Trinajstić information content (AvgIpc) is 2.87. The molecule has 1 aliphatic carbocycles. The van der Waals surface area contributed by atoms with Crippen LogP contribution < -0.4 is 5.32 Å². The Labute approximate surface area is 75.7 Å². The molecule has 0 heterocycles. The normalized spacial score (nSPS) is 19.5. The van der Waals surface area contributed by atoms with Gasteiger partial charge in [-0.3, -0.25) is 0 Å². The van der Waals surface area contributed by atoms with Crippen molar-refractivity contribution in [3.8, 4) is 0 Å². The molecule has 1 rings (SSSR count). The summed E-state index contributed by atoms with van der Waals surface area (Å²) < 4.78 is 5.50. The van der Waals surface area contributed by atoms with Crippen LogP contribution in [0.2, 0.25) is 0 Å². The molecule has 0 spiro atoms. The van der Waals surface area contributed by atoms with Crippen molar-refractivity contribution in [1.82, 2.24) is 5.32 Å². The van der Waals surface area contributed by atoms with Crippen molar-refractivity contribution in [3.05, 3.63) is 0 Å². The van der Waals surface area contributed by atoms with Crippen LogP contribution in [0.15, 0.2) is 0 Å². The van der Waals surface area contributed by atoms with E-state index in [1.165, 1.54) is 19.3 Å². The van der Waals surface area contributed by atoms with Gasteiger partial charge < -0.3 is 10.1 Å². The van der Waals surface area contributed by atoms with E-state index in [4.69, 9.17) is 4.74 Å². The number of likely N-dealkylation sites (N-methyl/N-ethyl adjacent to an activating group) is 1. The Morgan fingerprint density at radius 2 is 2.25 bits per heavy atom.